The summed E-state index contributed by atoms with van der Waals surface area (Å²) in [7, 11) is 1.70. The summed E-state index contributed by atoms with van der Waals surface area (Å²) >= 11 is 0. The fourth-order valence-electron chi connectivity index (χ4n) is 4.74. The Balaban J connectivity index is 1.53. The number of carbonyl (C=O) groups excluding carboxylic acids is 2. The van der Waals surface area contributed by atoms with E-state index in [1.807, 2.05) is 23.1 Å². The van der Waals surface area contributed by atoms with Crippen LogP contribution in [0.25, 0.3) is 11.1 Å². The van der Waals surface area contributed by atoms with E-state index in [0.29, 0.717) is 13.0 Å². The first-order valence-corrected chi connectivity index (χ1v) is 10.8. The monoisotopic (exact) mass is 390 g/mol. The first-order chi connectivity index (χ1) is 14.1. The number of piperidine rings is 1. The predicted molar refractivity (Wildman–Crippen MR) is 115 cm³/mol. The van der Waals surface area contributed by atoms with Gasteiger partial charge in [0, 0.05) is 26.1 Å². The summed E-state index contributed by atoms with van der Waals surface area (Å²) in [6.07, 6.45) is 5.52. The van der Waals surface area contributed by atoms with Gasteiger partial charge in [0.2, 0.25) is 11.8 Å². The van der Waals surface area contributed by atoms with Gasteiger partial charge in [0.1, 0.15) is 0 Å². The fraction of sp³-hybridized carbons (Fsp3) is 0.440. The molecular weight excluding hydrogens is 360 g/mol. The minimum absolute atomic E-state index is 0.0516. The lowest BCUT2D eigenvalue weighted by Gasteiger charge is -2.43. The average molecular weight is 391 g/mol. The zero-order chi connectivity index (χ0) is 20.3. The van der Waals surface area contributed by atoms with Crippen LogP contribution in [0.3, 0.4) is 0 Å². The Morgan fingerprint density at radius 2 is 1.69 bits per heavy atom. The van der Waals surface area contributed by atoms with Gasteiger partial charge in [-0.3, -0.25) is 9.59 Å². The van der Waals surface area contributed by atoms with E-state index in [4.69, 9.17) is 0 Å². The Bertz CT molecular complexity index is 858. The van der Waals surface area contributed by atoms with E-state index in [2.05, 4.69) is 41.7 Å². The lowest BCUT2D eigenvalue weighted by atomic mass is 9.73. The maximum absolute atomic E-state index is 13.0. The van der Waals surface area contributed by atoms with Gasteiger partial charge in [-0.25, -0.2) is 0 Å². The van der Waals surface area contributed by atoms with E-state index in [1.54, 1.807) is 7.05 Å². The number of likely N-dealkylation sites (tertiary alicyclic amines) is 1. The zero-order valence-electron chi connectivity index (χ0n) is 17.2. The molecule has 1 aliphatic carbocycles. The molecule has 152 valence electrons. The molecule has 4 rings (SSSR count). The number of nitrogens with one attached hydrogen (secondary N) is 1. The molecule has 29 heavy (non-hydrogen) atoms. The second kappa shape index (κ2) is 8.40. The van der Waals surface area contributed by atoms with Crippen molar-refractivity contribution in [3.8, 4) is 11.1 Å². The summed E-state index contributed by atoms with van der Waals surface area (Å²) in [4.78, 5) is 27.7. The largest absolute Gasteiger partial charge is 0.359 e. The van der Waals surface area contributed by atoms with Gasteiger partial charge in [-0.1, -0.05) is 61.0 Å². The molecule has 0 bridgehead atoms. The smallest absolute Gasteiger partial charge is 0.228 e. The van der Waals surface area contributed by atoms with Crippen molar-refractivity contribution >= 4 is 11.8 Å². The van der Waals surface area contributed by atoms with Crippen molar-refractivity contribution in [2.24, 2.45) is 11.3 Å². The first kappa shape index (κ1) is 19.7. The van der Waals surface area contributed by atoms with E-state index < -0.39 is 5.41 Å². The summed E-state index contributed by atoms with van der Waals surface area (Å²) in [5.74, 6) is 0.486. The van der Waals surface area contributed by atoms with E-state index >= 15 is 0 Å². The molecule has 2 aromatic carbocycles. The molecule has 0 radical (unpaired) electrons. The van der Waals surface area contributed by atoms with Gasteiger partial charge in [0.15, 0.2) is 0 Å². The van der Waals surface area contributed by atoms with Crippen LogP contribution in [0.4, 0.5) is 0 Å². The van der Waals surface area contributed by atoms with E-state index in [0.717, 1.165) is 44.2 Å². The van der Waals surface area contributed by atoms with Gasteiger partial charge >= 0.3 is 0 Å². The average Bonchev–Trinajstić information content (AvgIpc) is 2.73. The molecule has 0 aromatic heterocycles. The number of benzene rings is 2. The van der Waals surface area contributed by atoms with Crippen molar-refractivity contribution in [1.82, 2.24) is 10.2 Å². The molecule has 2 amide bonds. The third-order valence-electron chi connectivity index (χ3n) is 6.66. The van der Waals surface area contributed by atoms with Crippen molar-refractivity contribution in [2.45, 2.75) is 38.5 Å². The van der Waals surface area contributed by atoms with Crippen LogP contribution in [0.5, 0.6) is 0 Å². The Labute approximate surface area is 173 Å². The summed E-state index contributed by atoms with van der Waals surface area (Å²) in [5, 5.41) is 2.87. The topological polar surface area (TPSA) is 49.4 Å². The van der Waals surface area contributed by atoms with E-state index in [-0.39, 0.29) is 17.7 Å². The van der Waals surface area contributed by atoms with Crippen molar-refractivity contribution in [3.05, 3.63) is 60.2 Å². The Morgan fingerprint density at radius 3 is 2.31 bits per heavy atom. The third kappa shape index (κ3) is 4.07. The fourth-order valence-corrected chi connectivity index (χ4v) is 4.74. The Hall–Kier alpha value is -2.62. The second-order valence-electron chi connectivity index (χ2n) is 8.59. The molecule has 0 unspecified atom stereocenters. The highest BCUT2D eigenvalue weighted by atomic mass is 16.2. The Morgan fingerprint density at radius 1 is 1.00 bits per heavy atom. The number of rotatable bonds is 5. The number of carbonyl (C=O) groups is 2. The van der Waals surface area contributed by atoms with Gasteiger partial charge in [-0.2, -0.15) is 0 Å². The van der Waals surface area contributed by atoms with Crippen molar-refractivity contribution in [2.75, 3.05) is 20.1 Å². The normalized spacial score (nSPS) is 22.0. The molecule has 1 atom stereocenters. The minimum Gasteiger partial charge on any atom is -0.359 e. The van der Waals surface area contributed by atoms with Crippen LogP contribution < -0.4 is 5.32 Å². The number of hydrogen-bond acceptors (Lipinski definition) is 2. The summed E-state index contributed by atoms with van der Waals surface area (Å²) in [6.45, 7) is 1.31. The maximum Gasteiger partial charge on any atom is 0.228 e. The maximum atomic E-state index is 13.0. The number of hydrogen-bond donors (Lipinski definition) is 1. The number of amides is 2. The van der Waals surface area contributed by atoms with Gasteiger partial charge < -0.3 is 10.2 Å². The summed E-state index contributed by atoms with van der Waals surface area (Å²) in [6, 6.07) is 18.8. The molecule has 1 aliphatic heterocycles. The molecular formula is C25H30N2O2. The highest BCUT2D eigenvalue weighted by Gasteiger charge is 2.44. The summed E-state index contributed by atoms with van der Waals surface area (Å²) in [5.41, 5.74) is 2.97. The molecule has 4 nitrogen and oxygen atoms in total. The molecule has 1 saturated heterocycles. The molecule has 2 aliphatic rings. The minimum atomic E-state index is -0.541. The zero-order valence-corrected chi connectivity index (χ0v) is 17.2. The lowest BCUT2D eigenvalue weighted by Crippen LogP contribution is -2.55. The molecule has 1 N–H and O–H groups in total. The SMILES string of the molecule is CNC(=O)[C@@]1(Cc2ccc(-c3ccccc3)cc2)CCCN(C(=O)C2CCC2)C1. The van der Waals surface area contributed by atoms with Gasteiger partial charge in [0.05, 0.1) is 5.41 Å². The van der Waals surface area contributed by atoms with Gasteiger partial charge in [0.25, 0.3) is 0 Å². The van der Waals surface area contributed by atoms with E-state index in [9.17, 15) is 9.59 Å². The standard InChI is InChI=1S/C25H30N2O2/c1-26-24(29)25(15-6-16-27(18-25)23(28)22-9-5-10-22)17-19-11-13-21(14-12-19)20-7-3-2-4-8-20/h2-4,7-8,11-14,22H,5-6,9-10,15-18H2,1H3,(H,26,29)/t25-/m1/s1. The van der Waals surface area contributed by atoms with Crippen LogP contribution in [0.1, 0.15) is 37.7 Å². The highest BCUT2D eigenvalue weighted by Crippen LogP contribution is 2.37. The first-order valence-electron chi connectivity index (χ1n) is 10.8. The predicted octanol–water partition coefficient (Wildman–Crippen LogP) is 4.05. The molecule has 1 heterocycles. The lowest BCUT2D eigenvalue weighted by molar-refractivity contribution is -0.146. The molecule has 2 fully saturated rings. The second-order valence-corrected chi connectivity index (χ2v) is 8.59. The van der Waals surface area contributed by atoms with Crippen LogP contribution in [0.2, 0.25) is 0 Å². The van der Waals surface area contributed by atoms with Crippen LogP contribution in [-0.4, -0.2) is 36.9 Å². The molecule has 4 heteroatoms. The molecule has 1 saturated carbocycles. The van der Waals surface area contributed by atoms with Crippen LogP contribution in [0.15, 0.2) is 54.6 Å². The third-order valence-corrected chi connectivity index (χ3v) is 6.66. The van der Waals surface area contributed by atoms with Gasteiger partial charge in [-0.15, -0.1) is 0 Å². The van der Waals surface area contributed by atoms with Crippen LogP contribution >= 0.6 is 0 Å². The quantitative estimate of drug-likeness (QED) is 0.837. The van der Waals surface area contributed by atoms with Gasteiger partial charge in [-0.05, 0) is 48.8 Å². The van der Waals surface area contributed by atoms with E-state index in [1.165, 1.54) is 11.1 Å². The molecule has 0 spiro atoms. The summed E-state index contributed by atoms with van der Waals surface area (Å²) < 4.78 is 0. The number of nitrogens with zero attached hydrogens (tertiary/aromatic N) is 1. The Kier molecular flexibility index (Phi) is 5.70. The van der Waals surface area contributed by atoms with Crippen molar-refractivity contribution in [1.29, 1.82) is 0 Å². The molecule has 2 aromatic rings. The van der Waals surface area contributed by atoms with Crippen molar-refractivity contribution in [3.63, 3.8) is 0 Å². The van der Waals surface area contributed by atoms with Crippen molar-refractivity contribution < 1.29 is 9.59 Å². The highest BCUT2D eigenvalue weighted by molar-refractivity contribution is 5.85. The van der Waals surface area contributed by atoms with Crippen LogP contribution in [0, 0.1) is 11.3 Å². The van der Waals surface area contributed by atoms with Crippen LogP contribution in [-0.2, 0) is 16.0 Å².